The first-order chi connectivity index (χ1) is 11.8. The van der Waals surface area contributed by atoms with Crippen LogP contribution in [0.15, 0.2) is 12.2 Å². The summed E-state index contributed by atoms with van der Waals surface area (Å²) in [7, 11) is -4.63. The van der Waals surface area contributed by atoms with E-state index < -0.39 is 15.1 Å². The van der Waals surface area contributed by atoms with Crippen LogP contribution in [0.3, 0.4) is 0 Å². The van der Waals surface area contributed by atoms with Crippen LogP contribution in [-0.4, -0.2) is 23.0 Å². The molecule has 0 aromatic carbocycles. The summed E-state index contributed by atoms with van der Waals surface area (Å²) in [5, 5.41) is 9.56. The zero-order valence-electron chi connectivity index (χ0n) is 17.3. The van der Waals surface area contributed by atoms with Crippen molar-refractivity contribution in [3.8, 4) is 0 Å². The maximum atomic E-state index is 10.8. The summed E-state index contributed by atoms with van der Waals surface area (Å²) in [6.45, 7) is 3.34. The average Bonchev–Trinajstić information content (AvgIpc) is 2.53. The second-order valence-corrected chi connectivity index (χ2v) is 9.10. The van der Waals surface area contributed by atoms with Gasteiger partial charge in [-0.25, -0.2) is 8.42 Å². The molecule has 0 aliphatic carbocycles. The predicted octanol–water partition coefficient (Wildman–Crippen LogP) is 2.67. The fourth-order valence-electron chi connectivity index (χ4n) is 2.83. The minimum Gasteiger partial charge on any atom is -0.746 e. The van der Waals surface area contributed by atoms with Gasteiger partial charge in [0.2, 0.25) is 0 Å². The third kappa shape index (κ3) is 16.8. The summed E-state index contributed by atoms with van der Waals surface area (Å²) in [5.74, 6) is 0. The number of rotatable bonds is 17. The van der Waals surface area contributed by atoms with Crippen molar-refractivity contribution in [2.75, 3.05) is 0 Å². The maximum Gasteiger partial charge on any atom is 1.00 e. The summed E-state index contributed by atoms with van der Waals surface area (Å²) in [5.41, 5.74) is 0. The molecule has 1 N–H and O–H groups in total. The number of aliphatic hydroxyl groups is 1. The van der Waals surface area contributed by atoms with E-state index in [9.17, 15) is 18.1 Å². The van der Waals surface area contributed by atoms with Gasteiger partial charge in [0.25, 0.3) is 0 Å². The van der Waals surface area contributed by atoms with Gasteiger partial charge in [0.1, 0.15) is 10.1 Å². The van der Waals surface area contributed by atoms with Crippen LogP contribution in [0.1, 0.15) is 110 Å². The molecular formula is C20H39NaO4S. The Morgan fingerprint density at radius 2 is 1.19 bits per heavy atom. The number of unbranched alkanes of at least 4 members (excludes halogenated alkanes) is 12. The van der Waals surface area contributed by atoms with Crippen molar-refractivity contribution >= 4 is 10.1 Å². The van der Waals surface area contributed by atoms with E-state index in [0.717, 1.165) is 32.6 Å². The van der Waals surface area contributed by atoms with Crippen LogP contribution in [0.4, 0.5) is 0 Å². The van der Waals surface area contributed by atoms with Crippen molar-refractivity contribution in [3.63, 3.8) is 0 Å². The number of hydrogen-bond acceptors (Lipinski definition) is 4. The Labute approximate surface area is 184 Å². The van der Waals surface area contributed by atoms with Gasteiger partial charge in [-0.15, -0.1) is 0 Å². The van der Waals surface area contributed by atoms with Crippen molar-refractivity contribution in [2.45, 2.75) is 115 Å². The van der Waals surface area contributed by atoms with Gasteiger partial charge in [-0.1, -0.05) is 76.9 Å². The second-order valence-electron chi connectivity index (χ2n) is 7.32. The van der Waals surface area contributed by atoms with Crippen LogP contribution in [0.5, 0.6) is 0 Å². The molecule has 26 heavy (non-hydrogen) atoms. The average molecular weight is 399 g/mol. The molecule has 0 fully saturated rings. The number of allylic oxidation sites excluding steroid dienone is 2. The van der Waals surface area contributed by atoms with Crippen molar-refractivity contribution in [2.24, 2.45) is 0 Å². The molecule has 0 aromatic heterocycles. The van der Waals surface area contributed by atoms with Crippen molar-refractivity contribution < 1.29 is 47.6 Å². The van der Waals surface area contributed by atoms with Gasteiger partial charge in [0, 0.05) is 0 Å². The molecular weight excluding hydrogens is 359 g/mol. The predicted molar refractivity (Wildman–Crippen MR) is 104 cm³/mol. The fourth-order valence-corrected chi connectivity index (χ4v) is 3.22. The van der Waals surface area contributed by atoms with Crippen LogP contribution >= 0.6 is 0 Å². The first kappa shape index (κ1) is 28.8. The van der Waals surface area contributed by atoms with Crippen LogP contribution in [-0.2, 0) is 10.1 Å². The first-order valence-corrected chi connectivity index (χ1v) is 11.5. The largest absolute Gasteiger partial charge is 1.00 e. The minimum absolute atomic E-state index is 0. The molecule has 0 aliphatic heterocycles. The summed E-state index contributed by atoms with van der Waals surface area (Å²) in [6, 6.07) is 0. The molecule has 4 nitrogen and oxygen atoms in total. The van der Waals surface area contributed by atoms with Gasteiger partial charge < -0.3 is 9.66 Å². The third-order valence-corrected chi connectivity index (χ3v) is 5.97. The standard InChI is InChI=1S/C20H40O4S.Na/c1-3-4-5-6-7-8-9-10-11-12-13-14-15-16-17-18-19-20(2,21)25(22,23)24;/h10-11,21H,3-9,12-19H2,1-2H3,(H,22,23,24);/q;+1/p-1/b11-10-;. The van der Waals surface area contributed by atoms with E-state index in [1.54, 1.807) is 0 Å². The molecule has 0 heterocycles. The summed E-state index contributed by atoms with van der Waals surface area (Å²) >= 11 is 0. The SMILES string of the molecule is CCCCCCCC/C=C\CCCCCCCCC(C)(O)S(=O)(=O)[O-].[Na+]. The van der Waals surface area contributed by atoms with Gasteiger partial charge in [0.05, 0.1) is 0 Å². The monoisotopic (exact) mass is 398 g/mol. The summed E-state index contributed by atoms with van der Waals surface area (Å²) < 4.78 is 32.5. The molecule has 0 amide bonds. The van der Waals surface area contributed by atoms with E-state index in [-0.39, 0.29) is 36.0 Å². The van der Waals surface area contributed by atoms with Crippen molar-refractivity contribution in [1.29, 1.82) is 0 Å². The molecule has 150 valence electrons. The topological polar surface area (TPSA) is 77.4 Å². The molecule has 0 rings (SSSR count). The molecule has 0 spiro atoms. The summed E-state index contributed by atoms with van der Waals surface area (Å²) in [6.07, 6.45) is 21.0. The minimum atomic E-state index is -4.63. The smallest absolute Gasteiger partial charge is 0.746 e. The van der Waals surface area contributed by atoms with Gasteiger partial charge in [-0.3, -0.25) is 0 Å². The Balaban J connectivity index is 0. The molecule has 1 atom stereocenters. The Morgan fingerprint density at radius 3 is 1.62 bits per heavy atom. The van der Waals surface area contributed by atoms with Gasteiger partial charge >= 0.3 is 29.6 Å². The van der Waals surface area contributed by atoms with E-state index in [1.165, 1.54) is 57.8 Å². The Hall–Kier alpha value is 0.610. The van der Waals surface area contributed by atoms with E-state index >= 15 is 0 Å². The molecule has 0 saturated carbocycles. The van der Waals surface area contributed by atoms with Gasteiger partial charge in [0.15, 0.2) is 4.93 Å². The molecule has 6 heteroatoms. The Kier molecular flexibility index (Phi) is 19.6. The summed E-state index contributed by atoms with van der Waals surface area (Å²) in [4.78, 5) is -2.12. The molecule has 0 bridgehead atoms. The van der Waals surface area contributed by atoms with E-state index in [4.69, 9.17) is 0 Å². The Bertz CT molecular complexity index is 433. The van der Waals surface area contributed by atoms with E-state index in [0.29, 0.717) is 6.42 Å². The normalized spacial score (nSPS) is 14.3. The van der Waals surface area contributed by atoms with Gasteiger partial charge in [-0.05, 0) is 45.4 Å². The van der Waals surface area contributed by atoms with Crippen molar-refractivity contribution in [1.82, 2.24) is 0 Å². The fraction of sp³-hybridized carbons (Fsp3) is 0.900. The third-order valence-electron chi connectivity index (χ3n) is 4.69. The molecule has 0 aromatic rings. The van der Waals surface area contributed by atoms with Crippen molar-refractivity contribution in [3.05, 3.63) is 12.2 Å². The van der Waals surface area contributed by atoms with Crippen LogP contribution < -0.4 is 29.6 Å². The zero-order valence-corrected chi connectivity index (χ0v) is 20.2. The van der Waals surface area contributed by atoms with E-state index in [2.05, 4.69) is 19.1 Å². The molecule has 1 unspecified atom stereocenters. The van der Waals surface area contributed by atoms with Gasteiger partial charge in [-0.2, -0.15) is 0 Å². The second kappa shape index (κ2) is 17.7. The molecule has 0 saturated heterocycles. The molecule has 0 aliphatic rings. The van der Waals surface area contributed by atoms with E-state index in [1.807, 2.05) is 0 Å². The molecule has 0 radical (unpaired) electrons. The first-order valence-electron chi connectivity index (χ1n) is 10.1. The van der Waals surface area contributed by atoms with Crippen LogP contribution in [0.25, 0.3) is 0 Å². The number of hydrogen-bond donors (Lipinski definition) is 1. The maximum absolute atomic E-state index is 10.8. The zero-order chi connectivity index (χ0) is 19.0. The van der Waals surface area contributed by atoms with Crippen LogP contribution in [0.2, 0.25) is 0 Å². The quantitative estimate of drug-likeness (QED) is 0.177. The Morgan fingerprint density at radius 1 is 0.808 bits per heavy atom. The van der Waals surface area contributed by atoms with Crippen LogP contribution in [0, 0.1) is 0 Å².